The minimum Gasteiger partial charge on any atom is -0.479 e. The highest BCUT2D eigenvalue weighted by Crippen LogP contribution is 2.30. The summed E-state index contributed by atoms with van der Waals surface area (Å²) in [5, 5.41) is 9.81. The Hall–Kier alpha value is -1.86. The number of aliphatic carboxylic acids is 1. The van der Waals surface area contributed by atoms with Crippen molar-refractivity contribution in [3.05, 3.63) is 59.1 Å². The van der Waals surface area contributed by atoms with Gasteiger partial charge in [-0.3, -0.25) is 0 Å². The molecule has 0 aliphatic heterocycles. The van der Waals surface area contributed by atoms with E-state index in [9.17, 15) is 23.1 Å². The Labute approximate surface area is 151 Å². The SMILES string of the molecule is O=C(O)C(CCSc1cccc(Cl)c1)Oc1ccc(C(F)(F)F)cc1. The predicted octanol–water partition coefficient (Wildman–Crippen LogP) is 5.37. The second-order valence-electron chi connectivity index (χ2n) is 5.06. The molecule has 0 saturated heterocycles. The Morgan fingerprint density at radius 2 is 1.88 bits per heavy atom. The zero-order valence-electron chi connectivity index (χ0n) is 12.8. The molecular formula is C17H14ClF3O3S. The molecule has 1 unspecified atom stereocenters. The Morgan fingerprint density at radius 1 is 1.20 bits per heavy atom. The molecule has 0 aliphatic carbocycles. The zero-order chi connectivity index (χ0) is 18.4. The van der Waals surface area contributed by atoms with Crippen molar-refractivity contribution in [2.24, 2.45) is 0 Å². The lowest BCUT2D eigenvalue weighted by Crippen LogP contribution is -2.27. The zero-order valence-corrected chi connectivity index (χ0v) is 14.4. The van der Waals surface area contributed by atoms with Gasteiger partial charge >= 0.3 is 12.1 Å². The van der Waals surface area contributed by atoms with Crippen molar-refractivity contribution < 1.29 is 27.8 Å². The number of rotatable bonds is 7. The van der Waals surface area contributed by atoms with Gasteiger partial charge in [0.25, 0.3) is 0 Å². The van der Waals surface area contributed by atoms with E-state index in [1.54, 1.807) is 18.2 Å². The first-order chi connectivity index (χ1) is 11.8. The van der Waals surface area contributed by atoms with Gasteiger partial charge in [0.05, 0.1) is 5.56 Å². The molecule has 1 atom stereocenters. The van der Waals surface area contributed by atoms with Crippen LogP contribution in [0.4, 0.5) is 13.2 Å². The van der Waals surface area contributed by atoms with Crippen molar-refractivity contribution in [2.75, 3.05) is 5.75 Å². The van der Waals surface area contributed by atoms with Crippen LogP contribution in [0.2, 0.25) is 5.02 Å². The fourth-order valence-electron chi connectivity index (χ4n) is 1.96. The normalized spacial score (nSPS) is 12.6. The van der Waals surface area contributed by atoms with Crippen molar-refractivity contribution >= 4 is 29.3 Å². The molecule has 0 spiro atoms. The minimum absolute atomic E-state index is 0.0770. The van der Waals surface area contributed by atoms with E-state index in [1.807, 2.05) is 6.07 Å². The van der Waals surface area contributed by atoms with Gasteiger partial charge in [-0.05, 0) is 42.5 Å². The van der Waals surface area contributed by atoms with Gasteiger partial charge in [-0.1, -0.05) is 17.7 Å². The number of hydrogen-bond donors (Lipinski definition) is 1. The third-order valence-electron chi connectivity index (χ3n) is 3.18. The van der Waals surface area contributed by atoms with E-state index in [-0.39, 0.29) is 12.2 Å². The van der Waals surface area contributed by atoms with Crippen molar-refractivity contribution in [1.29, 1.82) is 0 Å². The summed E-state index contributed by atoms with van der Waals surface area (Å²) < 4.78 is 42.9. The molecule has 0 saturated carbocycles. The largest absolute Gasteiger partial charge is 0.479 e. The first-order valence-corrected chi connectivity index (χ1v) is 8.57. The van der Waals surface area contributed by atoms with Crippen LogP contribution in [0.3, 0.4) is 0 Å². The Morgan fingerprint density at radius 3 is 2.44 bits per heavy atom. The Bertz CT molecular complexity index is 720. The quantitative estimate of drug-likeness (QED) is 0.645. The van der Waals surface area contributed by atoms with Crippen LogP contribution in [0.25, 0.3) is 0 Å². The number of alkyl halides is 3. The van der Waals surface area contributed by atoms with Crippen LogP contribution in [0.1, 0.15) is 12.0 Å². The number of carbonyl (C=O) groups is 1. The van der Waals surface area contributed by atoms with E-state index in [4.69, 9.17) is 16.3 Å². The Kier molecular flexibility index (Phi) is 6.61. The van der Waals surface area contributed by atoms with E-state index in [0.717, 1.165) is 29.2 Å². The molecule has 2 aromatic rings. The van der Waals surface area contributed by atoms with E-state index in [0.29, 0.717) is 10.8 Å². The summed E-state index contributed by atoms with van der Waals surface area (Å²) in [4.78, 5) is 12.2. The standard InChI is InChI=1S/C17H14ClF3O3S/c18-12-2-1-3-14(10-12)25-9-8-15(16(22)23)24-13-6-4-11(5-7-13)17(19,20)21/h1-7,10,15H,8-9H2,(H,22,23). The third-order valence-corrected chi connectivity index (χ3v) is 4.44. The van der Waals surface area contributed by atoms with Gasteiger partial charge in [-0.15, -0.1) is 11.8 Å². The van der Waals surface area contributed by atoms with Crippen molar-refractivity contribution in [1.82, 2.24) is 0 Å². The molecule has 0 aromatic heterocycles. The summed E-state index contributed by atoms with van der Waals surface area (Å²) in [5.74, 6) is -0.641. The molecule has 2 aromatic carbocycles. The fraction of sp³-hybridized carbons (Fsp3) is 0.235. The number of hydrogen-bond acceptors (Lipinski definition) is 3. The number of thioether (sulfide) groups is 1. The lowest BCUT2D eigenvalue weighted by atomic mass is 10.2. The summed E-state index contributed by atoms with van der Waals surface area (Å²) in [6.45, 7) is 0. The van der Waals surface area contributed by atoms with Crippen LogP contribution in [-0.4, -0.2) is 22.9 Å². The number of carboxylic acids is 1. The molecule has 0 aliphatic rings. The summed E-state index contributed by atoms with van der Waals surface area (Å²) in [7, 11) is 0. The molecule has 3 nitrogen and oxygen atoms in total. The molecular weight excluding hydrogens is 377 g/mol. The van der Waals surface area contributed by atoms with Gasteiger partial charge in [-0.25, -0.2) is 4.79 Å². The molecule has 2 rings (SSSR count). The minimum atomic E-state index is -4.45. The first-order valence-electron chi connectivity index (χ1n) is 7.21. The lowest BCUT2D eigenvalue weighted by molar-refractivity contribution is -0.145. The highest BCUT2D eigenvalue weighted by Gasteiger charge is 2.30. The maximum Gasteiger partial charge on any atom is 0.416 e. The van der Waals surface area contributed by atoms with E-state index in [1.165, 1.54) is 11.8 Å². The average molecular weight is 391 g/mol. The molecule has 0 fully saturated rings. The summed E-state index contributed by atoms with van der Waals surface area (Å²) in [6.07, 6.45) is -5.41. The van der Waals surface area contributed by atoms with Crippen LogP contribution in [0.5, 0.6) is 5.75 Å². The summed E-state index contributed by atoms with van der Waals surface area (Å²) in [6, 6.07) is 11.1. The van der Waals surface area contributed by atoms with Gasteiger partial charge in [-0.2, -0.15) is 13.2 Å². The van der Waals surface area contributed by atoms with Gasteiger partial charge < -0.3 is 9.84 Å². The monoisotopic (exact) mass is 390 g/mol. The van der Waals surface area contributed by atoms with Gasteiger partial charge in [0.2, 0.25) is 0 Å². The first kappa shape index (κ1) is 19.5. The highest BCUT2D eigenvalue weighted by molar-refractivity contribution is 7.99. The van der Waals surface area contributed by atoms with Gasteiger partial charge in [0, 0.05) is 22.1 Å². The molecule has 0 radical (unpaired) electrons. The van der Waals surface area contributed by atoms with Crippen LogP contribution in [0, 0.1) is 0 Å². The number of ether oxygens (including phenoxy) is 1. The molecule has 0 heterocycles. The molecule has 8 heteroatoms. The summed E-state index contributed by atoms with van der Waals surface area (Å²) in [5.41, 5.74) is -0.816. The maximum absolute atomic E-state index is 12.5. The molecule has 134 valence electrons. The van der Waals surface area contributed by atoms with Crippen LogP contribution in [-0.2, 0) is 11.0 Å². The topological polar surface area (TPSA) is 46.5 Å². The second kappa shape index (κ2) is 8.49. The maximum atomic E-state index is 12.5. The van der Waals surface area contributed by atoms with Gasteiger partial charge in [0.15, 0.2) is 6.10 Å². The number of halogens is 4. The lowest BCUT2D eigenvalue weighted by Gasteiger charge is -2.15. The third kappa shape index (κ3) is 6.17. The van der Waals surface area contributed by atoms with E-state index < -0.39 is 23.8 Å². The predicted molar refractivity (Wildman–Crippen MR) is 90.3 cm³/mol. The van der Waals surface area contributed by atoms with Crippen molar-refractivity contribution in [2.45, 2.75) is 23.6 Å². The molecule has 0 amide bonds. The van der Waals surface area contributed by atoms with Crippen LogP contribution >= 0.6 is 23.4 Å². The number of carboxylic acid groups (broad SMARTS) is 1. The van der Waals surface area contributed by atoms with E-state index in [2.05, 4.69) is 0 Å². The van der Waals surface area contributed by atoms with Crippen LogP contribution < -0.4 is 4.74 Å². The smallest absolute Gasteiger partial charge is 0.416 e. The van der Waals surface area contributed by atoms with Crippen molar-refractivity contribution in [3.8, 4) is 5.75 Å². The molecule has 25 heavy (non-hydrogen) atoms. The van der Waals surface area contributed by atoms with Gasteiger partial charge in [0.1, 0.15) is 5.75 Å². The Balaban J connectivity index is 1.93. The fourth-order valence-corrected chi connectivity index (χ4v) is 3.17. The highest BCUT2D eigenvalue weighted by atomic mass is 35.5. The molecule has 0 bridgehead atoms. The van der Waals surface area contributed by atoms with Crippen molar-refractivity contribution in [3.63, 3.8) is 0 Å². The average Bonchev–Trinajstić information content (AvgIpc) is 2.53. The van der Waals surface area contributed by atoms with Crippen LogP contribution in [0.15, 0.2) is 53.4 Å². The summed E-state index contributed by atoms with van der Waals surface area (Å²) >= 11 is 7.30. The number of benzene rings is 2. The van der Waals surface area contributed by atoms with E-state index >= 15 is 0 Å². The second-order valence-corrected chi connectivity index (χ2v) is 6.67. The molecule has 1 N–H and O–H groups in total.